The van der Waals surface area contributed by atoms with Gasteiger partial charge in [0.05, 0.1) is 6.04 Å². The number of quaternary nitrogens is 1. The lowest BCUT2D eigenvalue weighted by molar-refractivity contribution is -0.683. The molecule has 0 spiro atoms. The normalized spacial score (nSPS) is 12.8. The highest BCUT2D eigenvalue weighted by Gasteiger charge is 2.09. The van der Waals surface area contributed by atoms with Crippen molar-refractivity contribution in [1.82, 2.24) is 0 Å². The molecule has 0 fully saturated rings. The van der Waals surface area contributed by atoms with Gasteiger partial charge in [-0.1, -0.05) is 32.0 Å². The summed E-state index contributed by atoms with van der Waals surface area (Å²) in [5.74, 6) is 1.62. The van der Waals surface area contributed by atoms with Crippen LogP contribution in [-0.2, 0) is 0 Å². The monoisotopic (exact) mass is 236 g/mol. The molecule has 17 heavy (non-hydrogen) atoms. The van der Waals surface area contributed by atoms with Crippen LogP contribution < -0.4 is 10.1 Å². The number of rotatable bonds is 7. The van der Waals surface area contributed by atoms with Gasteiger partial charge in [0.2, 0.25) is 0 Å². The van der Waals surface area contributed by atoms with E-state index in [0.29, 0.717) is 12.0 Å². The molecule has 1 atom stereocenters. The minimum absolute atomic E-state index is 0.570. The van der Waals surface area contributed by atoms with Gasteiger partial charge in [-0.25, -0.2) is 0 Å². The zero-order valence-corrected chi connectivity index (χ0v) is 11.6. The van der Waals surface area contributed by atoms with Crippen molar-refractivity contribution in [1.29, 1.82) is 0 Å². The third-order valence-electron chi connectivity index (χ3n) is 3.08. The number of hydrogen-bond acceptors (Lipinski definition) is 1. The van der Waals surface area contributed by atoms with Gasteiger partial charge < -0.3 is 10.1 Å². The highest BCUT2D eigenvalue weighted by Crippen LogP contribution is 2.28. The predicted octanol–water partition coefficient (Wildman–Crippen LogP) is 2.55. The van der Waals surface area contributed by atoms with Crippen molar-refractivity contribution in [3.8, 4) is 5.75 Å². The first-order valence-corrected chi connectivity index (χ1v) is 6.70. The van der Waals surface area contributed by atoms with Crippen LogP contribution in [0, 0.1) is 0 Å². The van der Waals surface area contributed by atoms with Gasteiger partial charge in [-0.2, -0.15) is 0 Å². The summed E-state index contributed by atoms with van der Waals surface area (Å²) in [7, 11) is 0. The van der Waals surface area contributed by atoms with Gasteiger partial charge in [0.1, 0.15) is 18.9 Å². The molecule has 0 heterocycles. The lowest BCUT2D eigenvalue weighted by Crippen LogP contribution is -2.89. The maximum Gasteiger partial charge on any atom is 0.137 e. The average molecular weight is 236 g/mol. The van der Waals surface area contributed by atoms with Crippen LogP contribution in [0.3, 0.4) is 0 Å². The molecule has 1 aromatic carbocycles. The third-order valence-corrected chi connectivity index (χ3v) is 3.08. The number of para-hydroxylation sites is 1. The minimum Gasteiger partial charge on any atom is -0.487 e. The Morgan fingerprint density at radius 1 is 1.18 bits per heavy atom. The molecule has 1 rings (SSSR count). The summed E-state index contributed by atoms with van der Waals surface area (Å²) in [5, 5.41) is 2.30. The quantitative estimate of drug-likeness (QED) is 0.723. The van der Waals surface area contributed by atoms with Crippen molar-refractivity contribution in [2.24, 2.45) is 0 Å². The molecule has 0 aliphatic rings. The van der Waals surface area contributed by atoms with E-state index in [0.717, 1.165) is 25.3 Å². The van der Waals surface area contributed by atoms with Crippen LogP contribution in [0.2, 0.25) is 0 Å². The van der Waals surface area contributed by atoms with E-state index in [9.17, 15) is 0 Å². The number of hydrogen-bond donors (Lipinski definition) is 1. The van der Waals surface area contributed by atoms with Gasteiger partial charge in [0.25, 0.3) is 0 Å². The zero-order valence-electron chi connectivity index (χ0n) is 11.6. The van der Waals surface area contributed by atoms with E-state index in [-0.39, 0.29) is 0 Å². The van der Waals surface area contributed by atoms with Crippen molar-refractivity contribution in [2.45, 2.75) is 46.1 Å². The Balaban J connectivity index is 2.52. The van der Waals surface area contributed by atoms with Crippen LogP contribution in [0.5, 0.6) is 5.75 Å². The lowest BCUT2D eigenvalue weighted by atomic mass is 9.98. The molecule has 0 bridgehead atoms. The van der Waals surface area contributed by atoms with Crippen LogP contribution in [0.15, 0.2) is 24.3 Å². The molecule has 2 heteroatoms. The van der Waals surface area contributed by atoms with Crippen molar-refractivity contribution < 1.29 is 10.1 Å². The van der Waals surface area contributed by atoms with Crippen molar-refractivity contribution in [2.75, 3.05) is 13.2 Å². The highest BCUT2D eigenvalue weighted by atomic mass is 16.5. The fourth-order valence-corrected chi connectivity index (χ4v) is 1.81. The average Bonchev–Trinajstić information content (AvgIpc) is 2.34. The molecule has 2 N–H and O–H groups in total. The van der Waals surface area contributed by atoms with Crippen LogP contribution in [0.1, 0.15) is 45.6 Å². The summed E-state index contributed by atoms with van der Waals surface area (Å²) < 4.78 is 5.88. The molecular weight excluding hydrogens is 210 g/mol. The Labute approximate surface area is 105 Å². The van der Waals surface area contributed by atoms with Crippen LogP contribution in [0.25, 0.3) is 0 Å². The van der Waals surface area contributed by atoms with Gasteiger partial charge in [-0.05, 0) is 37.8 Å². The summed E-state index contributed by atoms with van der Waals surface area (Å²) in [6, 6.07) is 9.04. The van der Waals surface area contributed by atoms with E-state index in [1.807, 2.05) is 6.07 Å². The van der Waals surface area contributed by atoms with Crippen molar-refractivity contribution >= 4 is 0 Å². The molecule has 0 aromatic heterocycles. The van der Waals surface area contributed by atoms with Gasteiger partial charge >= 0.3 is 0 Å². The Morgan fingerprint density at radius 3 is 2.53 bits per heavy atom. The Hall–Kier alpha value is -1.02. The number of nitrogens with two attached hydrogens (primary N) is 1. The van der Waals surface area contributed by atoms with Gasteiger partial charge in [-0.15, -0.1) is 0 Å². The maximum atomic E-state index is 5.88. The second-order valence-electron chi connectivity index (χ2n) is 4.96. The zero-order chi connectivity index (χ0) is 12.7. The van der Waals surface area contributed by atoms with E-state index in [1.165, 1.54) is 5.56 Å². The molecule has 0 saturated carbocycles. The minimum atomic E-state index is 0.570. The molecule has 0 aliphatic carbocycles. The van der Waals surface area contributed by atoms with Crippen LogP contribution in [-0.4, -0.2) is 19.2 Å². The molecule has 0 radical (unpaired) electrons. The highest BCUT2D eigenvalue weighted by molar-refractivity contribution is 5.35. The second kappa shape index (κ2) is 7.33. The lowest BCUT2D eigenvalue weighted by Gasteiger charge is -2.15. The first-order valence-electron chi connectivity index (χ1n) is 6.70. The topological polar surface area (TPSA) is 25.8 Å². The summed E-state index contributed by atoms with van der Waals surface area (Å²) in [4.78, 5) is 0. The van der Waals surface area contributed by atoms with Crippen molar-refractivity contribution in [3.63, 3.8) is 0 Å². The summed E-state index contributed by atoms with van der Waals surface area (Å²) in [6.45, 7) is 10.7. The predicted molar refractivity (Wildman–Crippen MR) is 72.6 cm³/mol. The molecule has 0 unspecified atom stereocenters. The second-order valence-corrected chi connectivity index (χ2v) is 4.96. The van der Waals surface area contributed by atoms with Crippen molar-refractivity contribution in [3.05, 3.63) is 29.8 Å². The molecule has 0 amide bonds. The van der Waals surface area contributed by atoms with Crippen LogP contribution in [0.4, 0.5) is 0 Å². The standard InChI is InChI=1S/C15H25NO/c1-5-13(4)14-8-6-7-9-15(14)17-11-10-16-12(2)3/h6-9,12-13,16H,5,10-11H2,1-4H3/p+1/t13-/m0/s1. The molecule has 0 aliphatic heterocycles. The first kappa shape index (κ1) is 14.0. The van der Waals surface area contributed by atoms with Crippen LogP contribution >= 0.6 is 0 Å². The largest absolute Gasteiger partial charge is 0.487 e. The summed E-state index contributed by atoms with van der Waals surface area (Å²) in [6.07, 6.45) is 1.15. The molecule has 2 nitrogen and oxygen atoms in total. The fourth-order valence-electron chi connectivity index (χ4n) is 1.81. The van der Waals surface area contributed by atoms with E-state index < -0.39 is 0 Å². The third kappa shape index (κ3) is 4.78. The van der Waals surface area contributed by atoms with E-state index in [1.54, 1.807) is 0 Å². The van der Waals surface area contributed by atoms with Gasteiger partial charge in [0, 0.05) is 0 Å². The van der Waals surface area contributed by atoms with E-state index in [4.69, 9.17) is 4.74 Å². The maximum absolute atomic E-state index is 5.88. The molecule has 1 aromatic rings. The first-order chi connectivity index (χ1) is 8.15. The Bertz CT molecular complexity index is 322. The van der Waals surface area contributed by atoms with Gasteiger partial charge in [-0.3, -0.25) is 0 Å². The molecule has 96 valence electrons. The smallest absolute Gasteiger partial charge is 0.137 e. The summed E-state index contributed by atoms with van der Waals surface area (Å²) in [5.41, 5.74) is 1.33. The number of benzene rings is 1. The van der Waals surface area contributed by atoms with Gasteiger partial charge in [0.15, 0.2) is 0 Å². The molecule has 0 saturated heterocycles. The van der Waals surface area contributed by atoms with E-state index >= 15 is 0 Å². The Morgan fingerprint density at radius 2 is 1.88 bits per heavy atom. The molecular formula is C15H26NO+. The summed E-state index contributed by atoms with van der Waals surface area (Å²) >= 11 is 0. The fraction of sp³-hybridized carbons (Fsp3) is 0.600. The Kier molecular flexibility index (Phi) is 6.06. The van der Waals surface area contributed by atoms with E-state index in [2.05, 4.69) is 51.2 Å². The SMILES string of the molecule is CC[C@H](C)c1ccccc1OCC[NH2+]C(C)C. The number of ether oxygens (including phenoxy) is 1.